The van der Waals surface area contributed by atoms with Crippen LogP contribution in [-0.4, -0.2) is 30.5 Å². The fraction of sp³-hybridized carbons (Fsp3) is 0.500. The molecule has 0 bridgehead atoms. The van der Waals surface area contributed by atoms with E-state index in [2.05, 4.69) is 17.6 Å². The second-order valence-corrected chi connectivity index (χ2v) is 5.30. The van der Waals surface area contributed by atoms with Crippen molar-refractivity contribution in [3.8, 4) is 0 Å². The number of hydrogen-bond acceptors (Lipinski definition) is 3. The SMILES string of the molecule is CCNc1ccc(C(=O)NC(C)CSC)cc1C. The quantitative estimate of drug-likeness (QED) is 0.832. The van der Waals surface area contributed by atoms with Gasteiger partial charge in [-0.25, -0.2) is 0 Å². The first kappa shape index (κ1) is 14.9. The van der Waals surface area contributed by atoms with Crippen molar-refractivity contribution < 1.29 is 4.79 Å². The molecule has 1 rings (SSSR count). The van der Waals surface area contributed by atoms with Gasteiger partial charge in [0.2, 0.25) is 0 Å². The van der Waals surface area contributed by atoms with Crippen molar-refractivity contribution >= 4 is 23.4 Å². The van der Waals surface area contributed by atoms with Crippen molar-refractivity contribution in [3.63, 3.8) is 0 Å². The molecule has 1 amide bonds. The lowest BCUT2D eigenvalue weighted by molar-refractivity contribution is 0.0943. The number of aryl methyl sites for hydroxylation is 1. The Balaban J connectivity index is 2.72. The zero-order valence-corrected chi connectivity index (χ0v) is 12.4. The van der Waals surface area contributed by atoms with Gasteiger partial charge in [-0.05, 0) is 50.8 Å². The number of carbonyl (C=O) groups excluding carboxylic acids is 1. The lowest BCUT2D eigenvalue weighted by Crippen LogP contribution is -2.34. The molecule has 0 saturated heterocycles. The predicted molar refractivity (Wildman–Crippen MR) is 80.7 cm³/mol. The molecule has 18 heavy (non-hydrogen) atoms. The summed E-state index contributed by atoms with van der Waals surface area (Å²) in [5.41, 5.74) is 2.91. The van der Waals surface area contributed by atoms with Gasteiger partial charge in [0.1, 0.15) is 0 Å². The highest BCUT2D eigenvalue weighted by Crippen LogP contribution is 2.16. The first-order valence-corrected chi connectivity index (χ1v) is 7.62. The minimum absolute atomic E-state index is 0.00250. The summed E-state index contributed by atoms with van der Waals surface area (Å²) in [7, 11) is 0. The van der Waals surface area contributed by atoms with Crippen LogP contribution < -0.4 is 10.6 Å². The van der Waals surface area contributed by atoms with Crippen molar-refractivity contribution in [2.45, 2.75) is 26.8 Å². The molecule has 0 aliphatic rings. The minimum atomic E-state index is 0.00250. The average molecular weight is 266 g/mol. The van der Waals surface area contributed by atoms with Gasteiger partial charge in [0.05, 0.1) is 0 Å². The maximum atomic E-state index is 12.0. The van der Waals surface area contributed by atoms with E-state index in [0.29, 0.717) is 0 Å². The highest BCUT2D eigenvalue weighted by molar-refractivity contribution is 7.98. The Morgan fingerprint density at radius 2 is 2.17 bits per heavy atom. The topological polar surface area (TPSA) is 41.1 Å². The molecule has 0 heterocycles. The van der Waals surface area contributed by atoms with E-state index in [1.807, 2.05) is 38.3 Å². The summed E-state index contributed by atoms with van der Waals surface area (Å²) in [6.07, 6.45) is 2.04. The third kappa shape index (κ3) is 4.26. The lowest BCUT2D eigenvalue weighted by Gasteiger charge is -2.14. The summed E-state index contributed by atoms with van der Waals surface area (Å²) < 4.78 is 0. The normalized spacial score (nSPS) is 12.0. The molecule has 0 fully saturated rings. The summed E-state index contributed by atoms with van der Waals surface area (Å²) in [5.74, 6) is 0.933. The largest absolute Gasteiger partial charge is 0.385 e. The van der Waals surface area contributed by atoms with Gasteiger partial charge in [0, 0.05) is 29.6 Å². The predicted octanol–water partition coefficient (Wildman–Crippen LogP) is 2.91. The Morgan fingerprint density at radius 1 is 1.44 bits per heavy atom. The summed E-state index contributed by atoms with van der Waals surface area (Å²) >= 11 is 1.73. The van der Waals surface area contributed by atoms with E-state index in [1.54, 1.807) is 11.8 Å². The van der Waals surface area contributed by atoms with Crippen LogP contribution in [0.5, 0.6) is 0 Å². The van der Waals surface area contributed by atoms with E-state index in [9.17, 15) is 4.79 Å². The molecule has 1 aromatic rings. The molecule has 1 aromatic carbocycles. The van der Waals surface area contributed by atoms with E-state index in [0.717, 1.165) is 29.1 Å². The maximum absolute atomic E-state index is 12.0. The molecule has 0 aliphatic carbocycles. The average Bonchev–Trinajstić information content (AvgIpc) is 2.32. The Morgan fingerprint density at radius 3 is 2.72 bits per heavy atom. The van der Waals surface area contributed by atoms with Crippen LogP contribution in [0.2, 0.25) is 0 Å². The Kier molecular flexibility index (Phi) is 6.05. The van der Waals surface area contributed by atoms with E-state index in [4.69, 9.17) is 0 Å². The first-order chi connectivity index (χ1) is 8.58. The Hall–Kier alpha value is -1.16. The minimum Gasteiger partial charge on any atom is -0.385 e. The molecular formula is C14H22N2OS. The number of amides is 1. The van der Waals surface area contributed by atoms with Crippen molar-refractivity contribution in [1.29, 1.82) is 0 Å². The van der Waals surface area contributed by atoms with Crippen LogP contribution in [0.15, 0.2) is 18.2 Å². The highest BCUT2D eigenvalue weighted by atomic mass is 32.2. The van der Waals surface area contributed by atoms with Gasteiger partial charge in [-0.1, -0.05) is 0 Å². The molecule has 2 N–H and O–H groups in total. The summed E-state index contributed by atoms with van der Waals surface area (Å²) in [6, 6.07) is 5.96. The third-order valence-electron chi connectivity index (χ3n) is 2.65. The molecule has 0 aromatic heterocycles. The number of nitrogens with one attached hydrogen (secondary N) is 2. The molecule has 0 aliphatic heterocycles. The molecule has 0 spiro atoms. The molecule has 0 saturated carbocycles. The summed E-state index contributed by atoms with van der Waals surface area (Å²) in [5, 5.41) is 6.26. The number of hydrogen-bond donors (Lipinski definition) is 2. The number of benzene rings is 1. The third-order valence-corrected chi connectivity index (χ3v) is 3.48. The fourth-order valence-electron chi connectivity index (χ4n) is 1.79. The van der Waals surface area contributed by atoms with Crippen molar-refractivity contribution in [1.82, 2.24) is 5.32 Å². The van der Waals surface area contributed by atoms with Gasteiger partial charge >= 0.3 is 0 Å². The van der Waals surface area contributed by atoms with Gasteiger partial charge in [-0.2, -0.15) is 11.8 Å². The van der Waals surface area contributed by atoms with E-state index in [-0.39, 0.29) is 11.9 Å². The van der Waals surface area contributed by atoms with Gasteiger partial charge in [0.15, 0.2) is 0 Å². The van der Waals surface area contributed by atoms with Crippen molar-refractivity contribution in [2.75, 3.05) is 23.9 Å². The second-order valence-electron chi connectivity index (χ2n) is 4.39. The molecule has 3 nitrogen and oxygen atoms in total. The number of rotatable bonds is 6. The fourth-order valence-corrected chi connectivity index (χ4v) is 2.38. The van der Waals surface area contributed by atoms with E-state index >= 15 is 0 Å². The van der Waals surface area contributed by atoms with E-state index in [1.165, 1.54) is 0 Å². The molecule has 4 heteroatoms. The van der Waals surface area contributed by atoms with Crippen LogP contribution in [0.1, 0.15) is 29.8 Å². The molecule has 1 unspecified atom stereocenters. The van der Waals surface area contributed by atoms with Crippen molar-refractivity contribution in [3.05, 3.63) is 29.3 Å². The Bertz CT molecular complexity index is 407. The highest BCUT2D eigenvalue weighted by Gasteiger charge is 2.10. The second kappa shape index (κ2) is 7.31. The summed E-state index contributed by atoms with van der Waals surface area (Å²) in [6.45, 7) is 6.98. The first-order valence-electron chi connectivity index (χ1n) is 6.22. The smallest absolute Gasteiger partial charge is 0.251 e. The van der Waals surface area contributed by atoms with Crippen LogP contribution in [0.25, 0.3) is 0 Å². The van der Waals surface area contributed by atoms with Crippen LogP contribution in [0.3, 0.4) is 0 Å². The monoisotopic (exact) mass is 266 g/mol. The van der Waals surface area contributed by atoms with Crippen LogP contribution in [0, 0.1) is 6.92 Å². The number of anilines is 1. The summed E-state index contributed by atoms with van der Waals surface area (Å²) in [4.78, 5) is 12.0. The molecular weight excluding hydrogens is 244 g/mol. The van der Waals surface area contributed by atoms with Crippen LogP contribution in [0.4, 0.5) is 5.69 Å². The van der Waals surface area contributed by atoms with Gasteiger partial charge in [-0.15, -0.1) is 0 Å². The van der Waals surface area contributed by atoms with E-state index < -0.39 is 0 Å². The number of thioether (sulfide) groups is 1. The maximum Gasteiger partial charge on any atom is 0.251 e. The molecule has 0 radical (unpaired) electrons. The standard InChI is InChI=1S/C14H22N2OS/c1-5-15-13-7-6-12(8-10(13)2)14(17)16-11(3)9-18-4/h6-8,11,15H,5,9H2,1-4H3,(H,16,17). The molecule has 100 valence electrons. The molecule has 1 atom stereocenters. The zero-order valence-electron chi connectivity index (χ0n) is 11.5. The van der Waals surface area contributed by atoms with Crippen LogP contribution in [-0.2, 0) is 0 Å². The Labute approximate surface area is 114 Å². The zero-order chi connectivity index (χ0) is 13.5. The van der Waals surface area contributed by atoms with Gasteiger partial charge in [-0.3, -0.25) is 4.79 Å². The van der Waals surface area contributed by atoms with Crippen molar-refractivity contribution in [2.24, 2.45) is 0 Å². The van der Waals surface area contributed by atoms with Gasteiger partial charge in [0.25, 0.3) is 5.91 Å². The van der Waals surface area contributed by atoms with Gasteiger partial charge < -0.3 is 10.6 Å². The lowest BCUT2D eigenvalue weighted by atomic mass is 10.1. The van der Waals surface area contributed by atoms with Crippen LogP contribution >= 0.6 is 11.8 Å². The number of carbonyl (C=O) groups is 1.